The molecule has 0 amide bonds. The third-order valence-corrected chi connectivity index (χ3v) is 4.65. The molecule has 0 aliphatic carbocycles. The topological polar surface area (TPSA) is 29.0 Å². The molecule has 3 rings (SSSR count). The van der Waals surface area contributed by atoms with Crippen LogP contribution in [-0.2, 0) is 5.88 Å². The van der Waals surface area contributed by atoms with Gasteiger partial charge in [-0.3, -0.25) is 0 Å². The molecule has 0 radical (unpaired) electrons. The number of hydrogen-bond acceptors (Lipinski definition) is 3. The van der Waals surface area contributed by atoms with Gasteiger partial charge >= 0.3 is 0 Å². The maximum atomic E-state index is 5.75. The molecule has 17 heavy (non-hydrogen) atoms. The molecular formula is C13H18ClN3. The quantitative estimate of drug-likeness (QED) is 0.757. The van der Waals surface area contributed by atoms with Gasteiger partial charge in [-0.05, 0) is 32.7 Å². The van der Waals surface area contributed by atoms with Crippen LogP contribution in [0, 0.1) is 0 Å². The second-order valence-corrected chi connectivity index (χ2v) is 5.57. The van der Waals surface area contributed by atoms with Crippen LogP contribution in [0.25, 0.3) is 0 Å². The maximum absolute atomic E-state index is 5.75. The van der Waals surface area contributed by atoms with E-state index >= 15 is 0 Å². The monoisotopic (exact) mass is 251 g/mol. The zero-order valence-corrected chi connectivity index (χ0v) is 10.9. The van der Waals surface area contributed by atoms with Crippen molar-refractivity contribution in [3.05, 3.63) is 23.8 Å². The Labute approximate surface area is 107 Å². The fourth-order valence-corrected chi connectivity index (χ4v) is 3.40. The molecule has 2 bridgehead atoms. The minimum absolute atomic E-state index is 0.499. The lowest BCUT2D eigenvalue weighted by molar-refractivity contribution is 0.159. The first-order chi connectivity index (χ1) is 8.28. The maximum Gasteiger partial charge on any atom is 0.131 e. The van der Waals surface area contributed by atoms with E-state index in [0.717, 1.165) is 23.5 Å². The van der Waals surface area contributed by atoms with Gasteiger partial charge in [0.15, 0.2) is 0 Å². The predicted octanol–water partition coefficient (Wildman–Crippen LogP) is 2.56. The lowest BCUT2D eigenvalue weighted by Crippen LogP contribution is -2.39. The number of aromatic nitrogens is 2. The molecule has 2 aliphatic heterocycles. The summed E-state index contributed by atoms with van der Waals surface area (Å²) in [7, 11) is 2.26. The summed E-state index contributed by atoms with van der Waals surface area (Å²) < 4.78 is 0. The van der Waals surface area contributed by atoms with Crippen molar-refractivity contribution in [3.8, 4) is 0 Å². The summed E-state index contributed by atoms with van der Waals surface area (Å²) >= 11 is 5.75. The van der Waals surface area contributed by atoms with Crippen LogP contribution in [0.3, 0.4) is 0 Å². The first-order valence-corrected chi connectivity index (χ1v) is 6.90. The normalized spacial score (nSPS) is 32.9. The van der Waals surface area contributed by atoms with E-state index in [0.29, 0.717) is 11.8 Å². The molecule has 0 N–H and O–H groups in total. The largest absolute Gasteiger partial charge is 0.300 e. The van der Waals surface area contributed by atoms with Crippen LogP contribution in [0.2, 0.25) is 0 Å². The molecule has 2 atom stereocenters. The number of hydrogen-bond donors (Lipinski definition) is 0. The highest BCUT2D eigenvalue weighted by molar-refractivity contribution is 6.17. The number of rotatable bonds is 2. The fourth-order valence-electron chi connectivity index (χ4n) is 3.27. The highest BCUT2D eigenvalue weighted by Crippen LogP contribution is 2.40. The standard InChI is InChI=1S/C13H18ClN3/c1-17-11-2-3-12(17)5-10(4-11)13-15-7-9(6-14)8-16-13/h7-8,10-12H,2-6H2,1H3. The summed E-state index contributed by atoms with van der Waals surface area (Å²) in [4.78, 5) is 11.5. The smallest absolute Gasteiger partial charge is 0.131 e. The molecule has 0 saturated carbocycles. The third-order valence-electron chi connectivity index (χ3n) is 4.34. The van der Waals surface area contributed by atoms with Crippen molar-refractivity contribution in [2.75, 3.05) is 7.05 Å². The van der Waals surface area contributed by atoms with E-state index in [1.807, 2.05) is 12.4 Å². The van der Waals surface area contributed by atoms with Crippen molar-refractivity contribution in [2.24, 2.45) is 0 Å². The number of piperidine rings is 1. The highest BCUT2D eigenvalue weighted by Gasteiger charge is 2.39. The van der Waals surface area contributed by atoms with E-state index in [9.17, 15) is 0 Å². The number of nitrogens with zero attached hydrogens (tertiary/aromatic N) is 3. The van der Waals surface area contributed by atoms with Crippen LogP contribution in [-0.4, -0.2) is 34.0 Å². The van der Waals surface area contributed by atoms with Crippen molar-refractivity contribution >= 4 is 11.6 Å². The lowest BCUT2D eigenvalue weighted by Gasteiger charge is -2.35. The molecule has 3 nitrogen and oxygen atoms in total. The average Bonchev–Trinajstić information content (AvgIpc) is 2.61. The Bertz CT molecular complexity index is 378. The molecule has 1 aromatic rings. The Balaban J connectivity index is 1.76. The molecule has 0 aromatic carbocycles. The Kier molecular flexibility index (Phi) is 3.05. The molecule has 1 aromatic heterocycles. The minimum atomic E-state index is 0.499. The first-order valence-electron chi connectivity index (χ1n) is 6.36. The van der Waals surface area contributed by atoms with Gasteiger partial charge in [0.25, 0.3) is 0 Å². The molecule has 92 valence electrons. The van der Waals surface area contributed by atoms with Crippen LogP contribution in [0.1, 0.15) is 43.0 Å². The van der Waals surface area contributed by atoms with E-state index < -0.39 is 0 Å². The summed E-state index contributed by atoms with van der Waals surface area (Å²) in [6, 6.07) is 1.49. The first kappa shape index (κ1) is 11.4. The summed E-state index contributed by atoms with van der Waals surface area (Å²) in [6.45, 7) is 0. The Morgan fingerprint density at radius 2 is 1.82 bits per heavy atom. The second kappa shape index (κ2) is 4.54. The van der Waals surface area contributed by atoms with Gasteiger partial charge in [-0.25, -0.2) is 9.97 Å². The van der Waals surface area contributed by atoms with Gasteiger partial charge in [-0.2, -0.15) is 0 Å². The van der Waals surface area contributed by atoms with E-state index in [1.54, 1.807) is 0 Å². The Morgan fingerprint density at radius 3 is 2.35 bits per heavy atom. The Morgan fingerprint density at radius 1 is 1.24 bits per heavy atom. The van der Waals surface area contributed by atoms with Crippen LogP contribution in [0.5, 0.6) is 0 Å². The highest BCUT2D eigenvalue weighted by atomic mass is 35.5. The molecule has 4 heteroatoms. The van der Waals surface area contributed by atoms with Crippen molar-refractivity contribution in [3.63, 3.8) is 0 Å². The second-order valence-electron chi connectivity index (χ2n) is 5.30. The number of fused-ring (bicyclic) bond motifs is 2. The van der Waals surface area contributed by atoms with Gasteiger partial charge in [0.2, 0.25) is 0 Å². The van der Waals surface area contributed by atoms with Gasteiger partial charge in [0.05, 0.1) is 5.88 Å². The van der Waals surface area contributed by atoms with Gasteiger partial charge in [-0.1, -0.05) is 0 Å². The van der Waals surface area contributed by atoms with Crippen LogP contribution >= 0.6 is 11.6 Å². The lowest BCUT2D eigenvalue weighted by atomic mass is 9.90. The minimum Gasteiger partial charge on any atom is -0.300 e. The van der Waals surface area contributed by atoms with Crippen LogP contribution in [0.15, 0.2) is 12.4 Å². The summed E-state index contributed by atoms with van der Waals surface area (Å²) in [5.74, 6) is 2.07. The van der Waals surface area contributed by atoms with Gasteiger partial charge in [0.1, 0.15) is 5.82 Å². The molecule has 2 saturated heterocycles. The zero-order valence-electron chi connectivity index (χ0n) is 10.1. The van der Waals surface area contributed by atoms with Crippen molar-refractivity contribution in [1.29, 1.82) is 0 Å². The van der Waals surface area contributed by atoms with Gasteiger partial charge < -0.3 is 4.90 Å². The summed E-state index contributed by atoms with van der Waals surface area (Å²) in [5, 5.41) is 0. The molecule has 0 spiro atoms. The molecule has 2 aliphatic rings. The van der Waals surface area contributed by atoms with Crippen molar-refractivity contribution in [2.45, 2.75) is 49.6 Å². The zero-order chi connectivity index (χ0) is 11.8. The molecule has 2 unspecified atom stereocenters. The van der Waals surface area contributed by atoms with E-state index in [4.69, 9.17) is 11.6 Å². The predicted molar refractivity (Wildman–Crippen MR) is 68.1 cm³/mol. The van der Waals surface area contributed by atoms with Crippen LogP contribution in [0.4, 0.5) is 0 Å². The van der Waals surface area contributed by atoms with Crippen molar-refractivity contribution in [1.82, 2.24) is 14.9 Å². The molecule has 3 heterocycles. The third kappa shape index (κ3) is 2.06. The Hall–Kier alpha value is -0.670. The number of halogens is 1. The molecular weight excluding hydrogens is 234 g/mol. The SMILES string of the molecule is CN1C2CCC1CC(c1ncc(CCl)cn1)C2. The average molecular weight is 252 g/mol. The van der Waals surface area contributed by atoms with Gasteiger partial charge in [0, 0.05) is 36.0 Å². The van der Waals surface area contributed by atoms with Crippen molar-refractivity contribution < 1.29 is 0 Å². The summed E-state index contributed by atoms with van der Waals surface area (Å²) in [6.07, 6.45) is 8.86. The number of alkyl halides is 1. The van der Waals surface area contributed by atoms with E-state index in [2.05, 4.69) is 21.9 Å². The van der Waals surface area contributed by atoms with Crippen LogP contribution < -0.4 is 0 Å². The van der Waals surface area contributed by atoms with Gasteiger partial charge in [-0.15, -0.1) is 11.6 Å². The van der Waals surface area contributed by atoms with E-state index in [-0.39, 0.29) is 0 Å². The fraction of sp³-hybridized carbons (Fsp3) is 0.692. The van der Waals surface area contributed by atoms with E-state index in [1.165, 1.54) is 25.7 Å². The summed E-state index contributed by atoms with van der Waals surface area (Å²) in [5.41, 5.74) is 1.01. The molecule has 2 fully saturated rings.